The minimum atomic E-state index is 0.329. The average molecular weight is 254 g/mol. The molecule has 1 aliphatic heterocycles. The van der Waals surface area contributed by atoms with Crippen LogP contribution in [0.5, 0.6) is 0 Å². The molecule has 0 spiro atoms. The molecular formula is C16H34N2. The second-order valence-electron chi connectivity index (χ2n) is 6.49. The molecule has 1 fully saturated rings. The Labute approximate surface area is 115 Å². The molecule has 2 nitrogen and oxygen atoms in total. The van der Waals surface area contributed by atoms with Crippen molar-refractivity contribution in [2.45, 2.75) is 78.3 Å². The van der Waals surface area contributed by atoms with Crippen molar-refractivity contribution in [2.24, 2.45) is 5.92 Å². The van der Waals surface area contributed by atoms with Gasteiger partial charge in [-0.25, -0.2) is 0 Å². The maximum Gasteiger partial charge on any atom is 0.0278 e. The smallest absolute Gasteiger partial charge is 0.0278 e. The van der Waals surface area contributed by atoms with E-state index in [1.807, 2.05) is 0 Å². The molecule has 1 heterocycles. The Bertz CT molecular complexity index is 229. The highest BCUT2D eigenvalue weighted by molar-refractivity contribution is 4.93. The van der Waals surface area contributed by atoms with Crippen LogP contribution in [0.1, 0.15) is 66.7 Å². The van der Waals surface area contributed by atoms with Crippen LogP contribution in [-0.2, 0) is 0 Å². The highest BCUT2D eigenvalue weighted by atomic mass is 15.2. The van der Waals surface area contributed by atoms with Crippen LogP contribution < -0.4 is 5.32 Å². The Morgan fingerprint density at radius 2 is 2.06 bits per heavy atom. The van der Waals surface area contributed by atoms with Crippen LogP contribution in [0.2, 0.25) is 0 Å². The molecule has 0 amide bonds. The summed E-state index contributed by atoms with van der Waals surface area (Å²) in [5.74, 6) is 0.895. The van der Waals surface area contributed by atoms with Gasteiger partial charge in [0, 0.05) is 31.2 Å². The fourth-order valence-corrected chi connectivity index (χ4v) is 2.91. The molecule has 2 heteroatoms. The number of nitrogens with one attached hydrogen (secondary N) is 1. The number of rotatable bonds is 7. The van der Waals surface area contributed by atoms with Crippen molar-refractivity contribution in [3.05, 3.63) is 0 Å². The van der Waals surface area contributed by atoms with E-state index in [1.165, 1.54) is 45.2 Å². The van der Waals surface area contributed by atoms with E-state index in [4.69, 9.17) is 0 Å². The molecule has 0 aromatic heterocycles. The Kier molecular flexibility index (Phi) is 6.65. The van der Waals surface area contributed by atoms with Gasteiger partial charge in [-0.2, -0.15) is 0 Å². The topological polar surface area (TPSA) is 15.3 Å². The summed E-state index contributed by atoms with van der Waals surface area (Å²) >= 11 is 0. The summed E-state index contributed by atoms with van der Waals surface area (Å²) in [7, 11) is 0. The first-order chi connectivity index (χ1) is 8.54. The molecule has 0 radical (unpaired) electrons. The number of hydrogen-bond donors (Lipinski definition) is 1. The van der Waals surface area contributed by atoms with Crippen LogP contribution in [0.4, 0.5) is 0 Å². The molecule has 0 bridgehead atoms. The van der Waals surface area contributed by atoms with E-state index in [2.05, 4.69) is 44.8 Å². The van der Waals surface area contributed by atoms with Gasteiger partial charge in [0.05, 0.1) is 0 Å². The summed E-state index contributed by atoms with van der Waals surface area (Å²) in [6.45, 7) is 15.4. The lowest BCUT2D eigenvalue weighted by molar-refractivity contribution is 0.0752. The molecule has 1 aliphatic rings. The minimum absolute atomic E-state index is 0.329. The zero-order chi connectivity index (χ0) is 13.6. The van der Waals surface area contributed by atoms with Crippen molar-refractivity contribution in [1.82, 2.24) is 10.2 Å². The summed E-state index contributed by atoms with van der Waals surface area (Å²) in [6, 6.07) is 0.695. The molecule has 108 valence electrons. The number of hydrogen-bond acceptors (Lipinski definition) is 2. The third-order valence-corrected chi connectivity index (χ3v) is 4.82. The van der Waals surface area contributed by atoms with E-state index in [-0.39, 0.29) is 0 Å². The van der Waals surface area contributed by atoms with E-state index >= 15 is 0 Å². The lowest BCUT2D eigenvalue weighted by Gasteiger charge is -2.46. The van der Waals surface area contributed by atoms with Crippen molar-refractivity contribution in [3.8, 4) is 0 Å². The predicted molar refractivity (Wildman–Crippen MR) is 81.0 cm³/mol. The Balaban J connectivity index is 2.51. The van der Waals surface area contributed by atoms with Crippen molar-refractivity contribution in [2.75, 3.05) is 19.6 Å². The van der Waals surface area contributed by atoms with E-state index in [0.717, 1.165) is 12.5 Å². The molecule has 3 atom stereocenters. The number of nitrogens with zero attached hydrogens (tertiary/aromatic N) is 1. The van der Waals surface area contributed by atoms with Gasteiger partial charge in [0.25, 0.3) is 0 Å². The van der Waals surface area contributed by atoms with Crippen LogP contribution in [0.25, 0.3) is 0 Å². The first-order valence-electron chi connectivity index (χ1n) is 8.03. The third kappa shape index (κ3) is 4.55. The normalized spacial score (nSPS) is 31.5. The standard InChI is InChI=1S/C16H34N2/c1-6-9-10-15(7-2)12-18-13-16(5,8-3)17-11-14(18)4/h14-15,17H,6-13H2,1-5H3. The Hall–Kier alpha value is -0.0800. The fourth-order valence-electron chi connectivity index (χ4n) is 2.91. The molecule has 1 N–H and O–H groups in total. The van der Waals surface area contributed by atoms with Crippen LogP contribution in [-0.4, -0.2) is 36.1 Å². The molecule has 1 saturated heterocycles. The highest BCUT2D eigenvalue weighted by Crippen LogP contribution is 2.22. The molecule has 1 rings (SSSR count). The van der Waals surface area contributed by atoms with Crippen molar-refractivity contribution in [3.63, 3.8) is 0 Å². The molecule has 0 aromatic rings. The largest absolute Gasteiger partial charge is 0.309 e. The SMILES string of the molecule is CCCCC(CC)CN1CC(C)(CC)NCC1C. The van der Waals surface area contributed by atoms with Crippen molar-refractivity contribution >= 4 is 0 Å². The molecule has 3 unspecified atom stereocenters. The third-order valence-electron chi connectivity index (χ3n) is 4.82. The lowest BCUT2D eigenvalue weighted by Crippen LogP contribution is -2.62. The molecule has 0 aliphatic carbocycles. The van der Waals surface area contributed by atoms with Crippen LogP contribution in [0.15, 0.2) is 0 Å². The van der Waals surface area contributed by atoms with Crippen LogP contribution >= 0.6 is 0 Å². The van der Waals surface area contributed by atoms with E-state index in [1.54, 1.807) is 0 Å². The number of piperazine rings is 1. The van der Waals surface area contributed by atoms with Gasteiger partial charge in [0.15, 0.2) is 0 Å². The lowest BCUT2D eigenvalue weighted by atomic mass is 9.91. The van der Waals surface area contributed by atoms with E-state index in [9.17, 15) is 0 Å². The maximum atomic E-state index is 3.72. The molecule has 0 saturated carbocycles. The number of unbranched alkanes of at least 4 members (excludes halogenated alkanes) is 1. The first-order valence-corrected chi connectivity index (χ1v) is 8.03. The highest BCUT2D eigenvalue weighted by Gasteiger charge is 2.33. The maximum absolute atomic E-state index is 3.72. The quantitative estimate of drug-likeness (QED) is 0.746. The zero-order valence-electron chi connectivity index (χ0n) is 13.3. The second-order valence-corrected chi connectivity index (χ2v) is 6.49. The molecular weight excluding hydrogens is 220 g/mol. The molecule has 0 aromatic carbocycles. The fraction of sp³-hybridized carbons (Fsp3) is 1.00. The van der Waals surface area contributed by atoms with Crippen molar-refractivity contribution < 1.29 is 0 Å². The minimum Gasteiger partial charge on any atom is -0.309 e. The van der Waals surface area contributed by atoms with Gasteiger partial charge in [0.2, 0.25) is 0 Å². The van der Waals surface area contributed by atoms with Gasteiger partial charge in [-0.3, -0.25) is 4.90 Å². The average Bonchev–Trinajstić information content (AvgIpc) is 2.38. The monoisotopic (exact) mass is 254 g/mol. The van der Waals surface area contributed by atoms with Gasteiger partial charge >= 0.3 is 0 Å². The van der Waals surface area contributed by atoms with Gasteiger partial charge in [-0.1, -0.05) is 40.0 Å². The summed E-state index contributed by atoms with van der Waals surface area (Å²) in [6.07, 6.45) is 6.69. The van der Waals surface area contributed by atoms with Gasteiger partial charge < -0.3 is 5.32 Å². The summed E-state index contributed by atoms with van der Waals surface area (Å²) in [4.78, 5) is 2.73. The van der Waals surface area contributed by atoms with Crippen molar-refractivity contribution in [1.29, 1.82) is 0 Å². The summed E-state index contributed by atoms with van der Waals surface area (Å²) in [5, 5.41) is 3.72. The first kappa shape index (κ1) is 16.0. The van der Waals surface area contributed by atoms with Crippen LogP contribution in [0, 0.1) is 5.92 Å². The van der Waals surface area contributed by atoms with Gasteiger partial charge in [-0.05, 0) is 32.6 Å². The van der Waals surface area contributed by atoms with Gasteiger partial charge in [0.1, 0.15) is 0 Å². The summed E-state index contributed by atoms with van der Waals surface area (Å²) < 4.78 is 0. The summed E-state index contributed by atoms with van der Waals surface area (Å²) in [5.41, 5.74) is 0.329. The molecule has 18 heavy (non-hydrogen) atoms. The van der Waals surface area contributed by atoms with E-state index in [0.29, 0.717) is 11.6 Å². The zero-order valence-corrected chi connectivity index (χ0v) is 13.3. The predicted octanol–water partition coefficient (Wildman–Crippen LogP) is 3.67. The van der Waals surface area contributed by atoms with E-state index < -0.39 is 0 Å². The van der Waals surface area contributed by atoms with Crippen LogP contribution in [0.3, 0.4) is 0 Å². The van der Waals surface area contributed by atoms with Gasteiger partial charge in [-0.15, -0.1) is 0 Å². The Morgan fingerprint density at radius 3 is 2.61 bits per heavy atom. The Morgan fingerprint density at radius 1 is 1.33 bits per heavy atom. The second kappa shape index (κ2) is 7.49.